The minimum Gasteiger partial charge on any atom is -0.367 e. The number of anilines is 1. The molecule has 1 aromatic rings. The molecule has 1 unspecified atom stereocenters. The molecule has 1 heterocycles. The predicted molar refractivity (Wildman–Crippen MR) is 119 cm³/mol. The third-order valence-electron chi connectivity index (χ3n) is 4.18. The third kappa shape index (κ3) is 7.76. The van der Waals surface area contributed by atoms with Crippen LogP contribution in [0.2, 0.25) is 0 Å². The molecular formula is C19H30F2IN5O. The van der Waals surface area contributed by atoms with Crippen molar-refractivity contribution in [2.45, 2.75) is 45.7 Å². The monoisotopic (exact) mass is 509 g/mol. The maximum Gasteiger partial charge on any atom is 0.222 e. The molecule has 6 nitrogen and oxygen atoms in total. The number of nitrogens with one attached hydrogen (secondary N) is 3. The lowest BCUT2D eigenvalue weighted by Gasteiger charge is -2.21. The van der Waals surface area contributed by atoms with Crippen LogP contribution in [0.5, 0.6) is 0 Å². The molecule has 1 fully saturated rings. The first kappa shape index (κ1) is 24.4. The predicted octanol–water partition coefficient (Wildman–Crippen LogP) is 2.63. The van der Waals surface area contributed by atoms with Gasteiger partial charge in [0.2, 0.25) is 5.91 Å². The van der Waals surface area contributed by atoms with E-state index in [1.54, 1.807) is 0 Å². The van der Waals surface area contributed by atoms with Crippen molar-refractivity contribution in [2.75, 3.05) is 31.1 Å². The van der Waals surface area contributed by atoms with Gasteiger partial charge in [0.15, 0.2) is 5.96 Å². The Balaban J connectivity index is 0.00000392. The zero-order chi connectivity index (χ0) is 19.8. The lowest BCUT2D eigenvalue weighted by molar-refractivity contribution is -0.121. The van der Waals surface area contributed by atoms with Crippen molar-refractivity contribution >= 4 is 41.5 Å². The number of carbonyl (C=O) groups is 1. The Morgan fingerprint density at radius 2 is 2.11 bits per heavy atom. The lowest BCUT2D eigenvalue weighted by Crippen LogP contribution is -2.44. The molecule has 0 radical (unpaired) electrons. The van der Waals surface area contributed by atoms with E-state index in [4.69, 9.17) is 0 Å². The summed E-state index contributed by atoms with van der Waals surface area (Å²) in [5, 5.41) is 9.33. The molecule has 1 amide bonds. The number of halogens is 3. The van der Waals surface area contributed by atoms with Gasteiger partial charge < -0.3 is 20.9 Å². The molecule has 1 aliphatic heterocycles. The highest BCUT2D eigenvalue weighted by molar-refractivity contribution is 14.0. The summed E-state index contributed by atoms with van der Waals surface area (Å²) in [6, 6.07) is 3.86. The average molecular weight is 509 g/mol. The fraction of sp³-hybridized carbons (Fsp3) is 0.579. The molecule has 0 aromatic heterocycles. The minimum atomic E-state index is -0.576. The second-order valence-corrected chi connectivity index (χ2v) is 6.90. The normalized spacial score (nSPS) is 16.7. The second kappa shape index (κ2) is 12.0. The lowest BCUT2D eigenvalue weighted by atomic mass is 10.2. The van der Waals surface area contributed by atoms with Gasteiger partial charge in [0.25, 0.3) is 0 Å². The molecule has 0 saturated carbocycles. The number of hydrogen-bond acceptors (Lipinski definition) is 3. The first-order valence-corrected chi connectivity index (χ1v) is 9.43. The summed E-state index contributed by atoms with van der Waals surface area (Å²) in [7, 11) is 0. The molecule has 28 heavy (non-hydrogen) atoms. The molecule has 158 valence electrons. The standard InChI is InChI=1S/C19H29F2N5O.HI/c1-4-22-19(23-9-7-18(27)24-13(2)3)25-15-8-10-26(12-15)17-6-5-14(20)11-16(17)21;/h5-6,11,13,15H,4,7-10,12H2,1-3H3,(H,24,27)(H2,22,23,25);1H. The summed E-state index contributed by atoms with van der Waals surface area (Å²) >= 11 is 0. The van der Waals surface area contributed by atoms with Crippen molar-refractivity contribution in [1.29, 1.82) is 0 Å². The highest BCUT2D eigenvalue weighted by atomic mass is 127. The number of nitrogens with zero attached hydrogens (tertiary/aromatic N) is 2. The SMILES string of the molecule is CCNC(=NCCC(=O)NC(C)C)NC1CCN(c2ccc(F)cc2F)C1.I. The molecule has 2 rings (SSSR count). The Bertz CT molecular complexity index is 672. The van der Waals surface area contributed by atoms with Gasteiger partial charge in [-0.1, -0.05) is 0 Å². The maximum atomic E-state index is 14.0. The summed E-state index contributed by atoms with van der Waals surface area (Å²) in [6.07, 6.45) is 1.14. The van der Waals surface area contributed by atoms with Crippen LogP contribution in [-0.4, -0.2) is 50.1 Å². The van der Waals surface area contributed by atoms with Crippen molar-refractivity contribution in [3.63, 3.8) is 0 Å². The van der Waals surface area contributed by atoms with E-state index in [1.807, 2.05) is 25.7 Å². The van der Waals surface area contributed by atoms with E-state index in [-0.39, 0.29) is 42.0 Å². The second-order valence-electron chi connectivity index (χ2n) is 6.90. The van der Waals surface area contributed by atoms with Crippen LogP contribution in [0.25, 0.3) is 0 Å². The van der Waals surface area contributed by atoms with E-state index in [0.29, 0.717) is 44.2 Å². The van der Waals surface area contributed by atoms with E-state index in [2.05, 4.69) is 20.9 Å². The smallest absolute Gasteiger partial charge is 0.222 e. The first-order chi connectivity index (χ1) is 12.9. The van der Waals surface area contributed by atoms with Crippen LogP contribution < -0.4 is 20.9 Å². The van der Waals surface area contributed by atoms with Crippen molar-refractivity contribution < 1.29 is 13.6 Å². The van der Waals surface area contributed by atoms with Crippen LogP contribution in [0, 0.1) is 11.6 Å². The van der Waals surface area contributed by atoms with Gasteiger partial charge in [0.05, 0.1) is 12.2 Å². The van der Waals surface area contributed by atoms with Crippen molar-refractivity contribution in [1.82, 2.24) is 16.0 Å². The maximum absolute atomic E-state index is 14.0. The Labute approximate surface area is 182 Å². The van der Waals surface area contributed by atoms with Crippen LogP contribution in [0.1, 0.15) is 33.6 Å². The molecule has 3 N–H and O–H groups in total. The van der Waals surface area contributed by atoms with E-state index in [0.717, 1.165) is 12.5 Å². The Morgan fingerprint density at radius 1 is 1.36 bits per heavy atom. The first-order valence-electron chi connectivity index (χ1n) is 9.43. The highest BCUT2D eigenvalue weighted by Gasteiger charge is 2.25. The molecule has 1 saturated heterocycles. The number of amides is 1. The number of rotatable bonds is 7. The molecule has 1 aliphatic rings. The quantitative estimate of drug-likeness (QED) is 0.301. The minimum absolute atomic E-state index is 0. The molecule has 9 heteroatoms. The number of aliphatic imine (C=N–C) groups is 1. The van der Waals surface area contributed by atoms with Gasteiger partial charge in [0, 0.05) is 44.2 Å². The zero-order valence-electron chi connectivity index (χ0n) is 16.6. The number of carbonyl (C=O) groups excluding carboxylic acids is 1. The van der Waals surface area contributed by atoms with Gasteiger partial charge >= 0.3 is 0 Å². The fourth-order valence-electron chi connectivity index (χ4n) is 3.01. The molecule has 0 spiro atoms. The van der Waals surface area contributed by atoms with Crippen molar-refractivity contribution in [3.8, 4) is 0 Å². The summed E-state index contributed by atoms with van der Waals surface area (Å²) < 4.78 is 27.1. The largest absolute Gasteiger partial charge is 0.367 e. The molecule has 1 aromatic carbocycles. The van der Waals surface area contributed by atoms with Gasteiger partial charge in [-0.25, -0.2) is 8.78 Å². The van der Waals surface area contributed by atoms with Crippen molar-refractivity contribution in [3.05, 3.63) is 29.8 Å². The Hall–Kier alpha value is -1.65. The van der Waals surface area contributed by atoms with E-state index >= 15 is 0 Å². The van der Waals surface area contributed by atoms with Gasteiger partial charge in [-0.05, 0) is 39.3 Å². The van der Waals surface area contributed by atoms with Crippen LogP contribution in [0.3, 0.4) is 0 Å². The molecular weight excluding hydrogens is 479 g/mol. The third-order valence-corrected chi connectivity index (χ3v) is 4.18. The van der Waals surface area contributed by atoms with Crippen LogP contribution >= 0.6 is 24.0 Å². The zero-order valence-corrected chi connectivity index (χ0v) is 18.9. The topological polar surface area (TPSA) is 68.8 Å². The van der Waals surface area contributed by atoms with Gasteiger partial charge in [-0.3, -0.25) is 9.79 Å². The van der Waals surface area contributed by atoms with Gasteiger partial charge in [0.1, 0.15) is 11.6 Å². The molecule has 0 bridgehead atoms. The molecule has 0 aliphatic carbocycles. The Kier molecular flexibility index (Phi) is 10.5. The summed E-state index contributed by atoms with van der Waals surface area (Å²) in [5.74, 6) is -0.509. The van der Waals surface area contributed by atoms with E-state index in [1.165, 1.54) is 12.1 Å². The summed E-state index contributed by atoms with van der Waals surface area (Å²) in [5.41, 5.74) is 0.410. The van der Waals surface area contributed by atoms with Crippen molar-refractivity contribution in [2.24, 2.45) is 4.99 Å². The van der Waals surface area contributed by atoms with Gasteiger partial charge in [-0.2, -0.15) is 0 Å². The van der Waals surface area contributed by atoms with Crippen LogP contribution in [0.4, 0.5) is 14.5 Å². The highest BCUT2D eigenvalue weighted by Crippen LogP contribution is 2.24. The number of hydrogen-bond donors (Lipinski definition) is 3. The van der Waals surface area contributed by atoms with E-state index < -0.39 is 11.6 Å². The number of guanidine groups is 1. The number of benzene rings is 1. The van der Waals surface area contributed by atoms with Gasteiger partial charge in [-0.15, -0.1) is 24.0 Å². The van der Waals surface area contributed by atoms with Crippen LogP contribution in [-0.2, 0) is 4.79 Å². The fourth-order valence-corrected chi connectivity index (χ4v) is 3.01. The van der Waals surface area contributed by atoms with Crippen LogP contribution in [0.15, 0.2) is 23.2 Å². The Morgan fingerprint density at radius 3 is 2.75 bits per heavy atom. The summed E-state index contributed by atoms with van der Waals surface area (Å²) in [6.45, 7) is 8.17. The van der Waals surface area contributed by atoms with E-state index in [9.17, 15) is 13.6 Å². The molecule has 1 atom stereocenters. The average Bonchev–Trinajstić information content (AvgIpc) is 3.02. The summed E-state index contributed by atoms with van der Waals surface area (Å²) in [4.78, 5) is 18.0.